The number of hydrogen-bond donors (Lipinski definition) is 6. The number of anilines is 1. The summed E-state index contributed by atoms with van der Waals surface area (Å²) in [4.78, 5) is 33.9. The van der Waals surface area contributed by atoms with E-state index in [0.717, 1.165) is 54.3 Å². The highest BCUT2D eigenvalue weighted by molar-refractivity contribution is 5.91. The molecule has 2 aromatic heterocycles. The van der Waals surface area contributed by atoms with Gasteiger partial charge in [-0.1, -0.05) is 36.4 Å². The van der Waals surface area contributed by atoms with Gasteiger partial charge in [0.25, 0.3) is 0 Å². The van der Waals surface area contributed by atoms with Gasteiger partial charge in [-0.25, -0.2) is 4.98 Å². The summed E-state index contributed by atoms with van der Waals surface area (Å²) in [6, 6.07) is 15.5. The Bertz CT molecular complexity index is 1420. The van der Waals surface area contributed by atoms with Gasteiger partial charge in [-0.15, -0.1) is 0 Å². The number of aromatic nitrogens is 4. The fraction of sp³-hybridized carbons (Fsp3) is 0.400. The number of rotatable bonds is 11. The van der Waals surface area contributed by atoms with E-state index in [2.05, 4.69) is 30.8 Å². The number of amides is 2. The van der Waals surface area contributed by atoms with Crippen LogP contribution in [0.2, 0.25) is 0 Å². The first-order chi connectivity index (χ1) is 19.5. The Kier molecular flexibility index (Phi) is 8.75. The van der Waals surface area contributed by atoms with Gasteiger partial charge in [-0.3, -0.25) is 14.7 Å². The first kappa shape index (κ1) is 27.4. The van der Waals surface area contributed by atoms with Gasteiger partial charge in [0.05, 0.1) is 23.4 Å². The standard InChI is InChI=1S/C30H38N8O2/c31-17-20-6-8-21(9-7-20)30(40)36-24(12-13-27(39)33-15-14-19-4-2-1-3-5-19)29-34-18-26(35-29)22-10-11-23-25(16-22)37-38-28(23)32/h1-5,10-11,16,18,20-21,24H,6-9,12-15,17,31H2,(H,33,39)(H,34,35)(H,36,40)(H3,32,37,38)/t20-,21-,24-/m0/s1. The molecule has 2 aromatic carbocycles. The van der Waals surface area contributed by atoms with E-state index in [1.54, 1.807) is 6.20 Å². The van der Waals surface area contributed by atoms with Crippen LogP contribution in [0.4, 0.5) is 5.82 Å². The van der Waals surface area contributed by atoms with E-state index in [4.69, 9.17) is 11.5 Å². The van der Waals surface area contributed by atoms with Crippen LogP contribution in [0.15, 0.2) is 54.7 Å². The Balaban J connectivity index is 1.25. The van der Waals surface area contributed by atoms with Crippen molar-refractivity contribution < 1.29 is 9.59 Å². The summed E-state index contributed by atoms with van der Waals surface area (Å²) < 4.78 is 0. The number of nitrogens with zero attached hydrogens (tertiary/aromatic N) is 2. The Labute approximate surface area is 233 Å². The van der Waals surface area contributed by atoms with Gasteiger partial charge in [0.15, 0.2) is 5.82 Å². The molecule has 1 aliphatic carbocycles. The Hall–Kier alpha value is -4.18. The smallest absolute Gasteiger partial charge is 0.223 e. The number of fused-ring (bicyclic) bond motifs is 1. The number of imidazole rings is 1. The predicted octanol–water partition coefficient (Wildman–Crippen LogP) is 3.60. The van der Waals surface area contributed by atoms with E-state index >= 15 is 0 Å². The van der Waals surface area contributed by atoms with Gasteiger partial charge in [0.2, 0.25) is 11.8 Å². The van der Waals surface area contributed by atoms with Crippen molar-refractivity contribution in [1.29, 1.82) is 0 Å². The second-order valence-electron chi connectivity index (χ2n) is 10.7. The fourth-order valence-corrected chi connectivity index (χ4v) is 5.45. The summed E-state index contributed by atoms with van der Waals surface area (Å²) in [7, 11) is 0. The molecule has 1 atom stereocenters. The molecule has 0 spiro atoms. The van der Waals surface area contributed by atoms with Gasteiger partial charge in [0, 0.05) is 29.8 Å². The van der Waals surface area contributed by atoms with Gasteiger partial charge >= 0.3 is 0 Å². The molecule has 0 unspecified atom stereocenters. The lowest BCUT2D eigenvalue weighted by Crippen LogP contribution is -2.37. The predicted molar refractivity (Wildman–Crippen MR) is 156 cm³/mol. The quantitative estimate of drug-likeness (QED) is 0.169. The van der Waals surface area contributed by atoms with E-state index in [0.29, 0.717) is 37.1 Å². The normalized spacial score (nSPS) is 17.9. The number of nitrogens with one attached hydrogen (secondary N) is 4. The maximum absolute atomic E-state index is 13.3. The van der Waals surface area contributed by atoms with Crippen LogP contribution in [0.5, 0.6) is 0 Å². The number of H-pyrrole nitrogens is 2. The molecule has 0 bridgehead atoms. The van der Waals surface area contributed by atoms with Gasteiger partial charge in [-0.05, 0) is 68.7 Å². The van der Waals surface area contributed by atoms with E-state index in [-0.39, 0.29) is 24.2 Å². The number of carbonyl (C=O) groups is 2. The minimum atomic E-state index is -0.417. The molecule has 0 radical (unpaired) electrons. The van der Waals surface area contributed by atoms with Crippen LogP contribution in [-0.2, 0) is 16.0 Å². The van der Waals surface area contributed by atoms with Crippen molar-refractivity contribution in [3.8, 4) is 11.3 Å². The number of aromatic amines is 2. The van der Waals surface area contributed by atoms with Crippen molar-refractivity contribution in [2.24, 2.45) is 17.6 Å². The average Bonchev–Trinajstić information content (AvgIpc) is 3.63. The first-order valence-electron chi connectivity index (χ1n) is 14.1. The summed E-state index contributed by atoms with van der Waals surface area (Å²) in [6.45, 7) is 1.23. The highest BCUT2D eigenvalue weighted by atomic mass is 16.2. The highest BCUT2D eigenvalue weighted by Gasteiger charge is 2.28. The zero-order valence-corrected chi connectivity index (χ0v) is 22.7. The van der Waals surface area contributed by atoms with Crippen LogP contribution in [0, 0.1) is 11.8 Å². The lowest BCUT2D eigenvalue weighted by Gasteiger charge is -2.28. The third-order valence-electron chi connectivity index (χ3n) is 7.93. The maximum atomic E-state index is 13.3. The number of nitrogens with two attached hydrogens (primary N) is 2. The van der Waals surface area contributed by atoms with Crippen LogP contribution in [-0.4, -0.2) is 45.1 Å². The van der Waals surface area contributed by atoms with Gasteiger partial charge in [-0.2, -0.15) is 5.10 Å². The number of carbonyl (C=O) groups excluding carboxylic acids is 2. The van der Waals surface area contributed by atoms with E-state index in [1.165, 1.54) is 5.56 Å². The van der Waals surface area contributed by atoms with Crippen LogP contribution in [0.25, 0.3) is 22.2 Å². The van der Waals surface area contributed by atoms with Crippen molar-refractivity contribution in [2.75, 3.05) is 18.8 Å². The SMILES string of the molecule is NC[C@H]1CC[C@H](C(=O)N[C@@H](CCC(=O)NCCc2ccccc2)c2ncc(-c3ccc4c(N)n[nH]c4c3)[nH]2)CC1. The zero-order valence-electron chi connectivity index (χ0n) is 22.7. The van der Waals surface area contributed by atoms with Crippen molar-refractivity contribution in [3.05, 3.63) is 66.1 Å². The molecule has 10 heteroatoms. The minimum Gasteiger partial charge on any atom is -0.382 e. The topological polar surface area (TPSA) is 168 Å². The third-order valence-corrected chi connectivity index (χ3v) is 7.93. The molecule has 1 aliphatic rings. The molecule has 1 fully saturated rings. The Morgan fingerprint density at radius 3 is 2.65 bits per heavy atom. The van der Waals surface area contributed by atoms with E-state index in [1.807, 2.05) is 48.5 Å². The molecule has 2 amide bonds. The van der Waals surface area contributed by atoms with Crippen molar-refractivity contribution in [2.45, 2.75) is 51.0 Å². The summed E-state index contributed by atoms with van der Waals surface area (Å²) in [5, 5.41) is 14.1. The molecule has 2 heterocycles. The summed E-state index contributed by atoms with van der Waals surface area (Å²) >= 11 is 0. The van der Waals surface area contributed by atoms with Crippen molar-refractivity contribution >= 4 is 28.5 Å². The molecule has 5 rings (SSSR count). The largest absolute Gasteiger partial charge is 0.382 e. The average molecular weight is 543 g/mol. The fourth-order valence-electron chi connectivity index (χ4n) is 5.45. The maximum Gasteiger partial charge on any atom is 0.223 e. The second-order valence-corrected chi connectivity index (χ2v) is 10.7. The van der Waals surface area contributed by atoms with E-state index < -0.39 is 6.04 Å². The van der Waals surface area contributed by atoms with Crippen LogP contribution >= 0.6 is 0 Å². The van der Waals surface area contributed by atoms with Crippen molar-refractivity contribution in [3.63, 3.8) is 0 Å². The lowest BCUT2D eigenvalue weighted by molar-refractivity contribution is -0.127. The van der Waals surface area contributed by atoms with Crippen molar-refractivity contribution in [1.82, 2.24) is 30.8 Å². The molecule has 40 heavy (non-hydrogen) atoms. The molecule has 1 saturated carbocycles. The Morgan fingerprint density at radius 1 is 1.07 bits per heavy atom. The molecule has 10 nitrogen and oxygen atoms in total. The summed E-state index contributed by atoms with van der Waals surface area (Å²) in [5.74, 6) is 1.49. The van der Waals surface area contributed by atoms with Crippen LogP contribution in [0.3, 0.4) is 0 Å². The summed E-state index contributed by atoms with van der Waals surface area (Å²) in [6.07, 6.45) is 6.82. The molecular weight excluding hydrogens is 504 g/mol. The summed E-state index contributed by atoms with van der Waals surface area (Å²) in [5.41, 5.74) is 15.5. The second kappa shape index (κ2) is 12.8. The molecule has 0 aliphatic heterocycles. The molecular formula is C30H38N8O2. The lowest BCUT2D eigenvalue weighted by atomic mass is 9.81. The molecule has 0 saturated heterocycles. The van der Waals surface area contributed by atoms with Crippen LogP contribution < -0.4 is 22.1 Å². The Morgan fingerprint density at radius 2 is 1.88 bits per heavy atom. The molecule has 8 N–H and O–H groups in total. The number of nitrogen functional groups attached to an aromatic ring is 1. The number of benzene rings is 2. The third kappa shape index (κ3) is 6.69. The minimum absolute atomic E-state index is 0.0114. The highest BCUT2D eigenvalue weighted by Crippen LogP contribution is 2.30. The monoisotopic (exact) mass is 542 g/mol. The van der Waals surface area contributed by atoms with Gasteiger partial charge in [0.1, 0.15) is 5.82 Å². The van der Waals surface area contributed by atoms with Gasteiger partial charge < -0.3 is 27.1 Å². The van der Waals surface area contributed by atoms with E-state index in [9.17, 15) is 9.59 Å². The first-order valence-corrected chi connectivity index (χ1v) is 14.1. The van der Waals surface area contributed by atoms with Crippen LogP contribution in [0.1, 0.15) is 56.0 Å². The molecule has 4 aromatic rings. The number of hydrogen-bond acceptors (Lipinski definition) is 6. The zero-order chi connectivity index (χ0) is 27.9. The molecule has 210 valence electrons.